The third kappa shape index (κ3) is 3.56. The fourth-order valence-corrected chi connectivity index (χ4v) is 1.63. The van der Waals surface area contributed by atoms with E-state index in [1.165, 1.54) is 12.8 Å². The van der Waals surface area contributed by atoms with Gasteiger partial charge < -0.3 is 15.4 Å². The van der Waals surface area contributed by atoms with Gasteiger partial charge in [-0.2, -0.15) is 0 Å². The Morgan fingerprint density at radius 3 is 2.59 bits per heavy atom. The Balaban J connectivity index is 2.06. The molecule has 1 heterocycles. The van der Waals surface area contributed by atoms with Crippen LogP contribution in [0.3, 0.4) is 0 Å². The molecule has 1 aromatic heterocycles. The van der Waals surface area contributed by atoms with Crippen LogP contribution in [0.5, 0.6) is 0 Å². The second-order valence-electron chi connectivity index (χ2n) is 4.22. The first-order valence-electron chi connectivity index (χ1n) is 6.19. The number of nitrogens with zero attached hydrogens (tertiary/aromatic N) is 2. The Labute approximate surface area is 102 Å². The summed E-state index contributed by atoms with van der Waals surface area (Å²) in [6.07, 6.45) is 2.43. The number of hydrogen-bond acceptors (Lipinski definition) is 5. The zero-order valence-electron chi connectivity index (χ0n) is 10.5. The van der Waals surface area contributed by atoms with Gasteiger partial charge in [-0.25, -0.2) is 9.97 Å². The maximum absolute atomic E-state index is 5.01. The van der Waals surface area contributed by atoms with Gasteiger partial charge >= 0.3 is 0 Å². The van der Waals surface area contributed by atoms with Crippen LogP contribution in [0.15, 0.2) is 6.07 Å². The van der Waals surface area contributed by atoms with Gasteiger partial charge in [-0.05, 0) is 19.8 Å². The van der Waals surface area contributed by atoms with Crippen molar-refractivity contribution in [3.05, 3.63) is 11.9 Å². The molecule has 0 amide bonds. The summed E-state index contributed by atoms with van der Waals surface area (Å²) in [6.45, 7) is 4.39. The molecular formula is C12H20N4O. The first-order chi connectivity index (χ1) is 8.33. The summed E-state index contributed by atoms with van der Waals surface area (Å²) < 4.78 is 5.01. The molecular weight excluding hydrogens is 216 g/mol. The van der Waals surface area contributed by atoms with E-state index in [9.17, 15) is 0 Å². The van der Waals surface area contributed by atoms with Crippen molar-refractivity contribution in [3.8, 4) is 0 Å². The predicted molar refractivity (Wildman–Crippen MR) is 68.5 cm³/mol. The van der Waals surface area contributed by atoms with Crippen molar-refractivity contribution in [2.24, 2.45) is 0 Å². The maximum Gasteiger partial charge on any atom is 0.136 e. The van der Waals surface area contributed by atoms with E-state index < -0.39 is 0 Å². The number of ether oxygens (including phenoxy) is 1. The Hall–Kier alpha value is -1.36. The maximum atomic E-state index is 5.01. The van der Waals surface area contributed by atoms with E-state index in [2.05, 4.69) is 27.5 Å². The van der Waals surface area contributed by atoms with E-state index in [0.29, 0.717) is 12.5 Å². The van der Waals surface area contributed by atoms with Gasteiger partial charge in [0.1, 0.15) is 17.5 Å². The molecule has 1 aliphatic rings. The van der Waals surface area contributed by atoms with Crippen LogP contribution >= 0.6 is 0 Å². The summed E-state index contributed by atoms with van der Waals surface area (Å²) in [5.41, 5.74) is 0. The van der Waals surface area contributed by atoms with Gasteiger partial charge in [-0.1, -0.05) is 0 Å². The summed E-state index contributed by atoms with van der Waals surface area (Å²) >= 11 is 0. The van der Waals surface area contributed by atoms with Crippen LogP contribution < -0.4 is 10.6 Å². The van der Waals surface area contributed by atoms with Crippen molar-refractivity contribution < 1.29 is 4.74 Å². The van der Waals surface area contributed by atoms with Crippen molar-refractivity contribution in [1.82, 2.24) is 9.97 Å². The largest absolute Gasteiger partial charge is 0.383 e. The smallest absolute Gasteiger partial charge is 0.136 e. The second kappa shape index (κ2) is 5.82. The van der Waals surface area contributed by atoms with Crippen molar-refractivity contribution in [2.45, 2.75) is 25.7 Å². The Morgan fingerprint density at radius 2 is 2.00 bits per heavy atom. The van der Waals surface area contributed by atoms with Gasteiger partial charge in [0.25, 0.3) is 0 Å². The van der Waals surface area contributed by atoms with Crippen molar-refractivity contribution in [1.29, 1.82) is 0 Å². The molecule has 1 aliphatic carbocycles. The molecule has 0 saturated heterocycles. The number of anilines is 2. The molecule has 0 aromatic carbocycles. The number of nitrogens with one attached hydrogen (secondary N) is 2. The number of hydrogen-bond donors (Lipinski definition) is 2. The van der Waals surface area contributed by atoms with E-state index in [1.807, 2.05) is 6.07 Å². The van der Waals surface area contributed by atoms with E-state index in [1.54, 1.807) is 7.11 Å². The second-order valence-corrected chi connectivity index (χ2v) is 4.22. The quantitative estimate of drug-likeness (QED) is 0.707. The van der Waals surface area contributed by atoms with Crippen LogP contribution in [0.1, 0.15) is 31.5 Å². The molecule has 17 heavy (non-hydrogen) atoms. The number of aromatic nitrogens is 2. The Bertz CT molecular complexity index is 366. The zero-order valence-corrected chi connectivity index (χ0v) is 10.5. The highest BCUT2D eigenvalue weighted by Crippen LogP contribution is 2.38. The average molecular weight is 236 g/mol. The van der Waals surface area contributed by atoms with Gasteiger partial charge in [-0.15, -0.1) is 0 Å². The molecule has 5 heteroatoms. The van der Waals surface area contributed by atoms with E-state index in [0.717, 1.165) is 30.5 Å². The summed E-state index contributed by atoms with van der Waals surface area (Å²) in [4.78, 5) is 9.05. The van der Waals surface area contributed by atoms with Crippen LogP contribution in [-0.4, -0.2) is 36.8 Å². The van der Waals surface area contributed by atoms with E-state index in [4.69, 9.17) is 4.74 Å². The minimum Gasteiger partial charge on any atom is -0.383 e. The monoisotopic (exact) mass is 236 g/mol. The summed E-state index contributed by atoms with van der Waals surface area (Å²) in [5, 5.41) is 6.49. The Kier molecular flexibility index (Phi) is 4.14. The first kappa shape index (κ1) is 12.1. The fourth-order valence-electron chi connectivity index (χ4n) is 1.63. The molecule has 1 fully saturated rings. The van der Waals surface area contributed by atoms with Gasteiger partial charge in [0.2, 0.25) is 0 Å². The lowest BCUT2D eigenvalue weighted by Gasteiger charge is -2.10. The number of methoxy groups -OCH3 is 1. The van der Waals surface area contributed by atoms with Crippen LogP contribution in [0.25, 0.3) is 0 Å². The highest BCUT2D eigenvalue weighted by molar-refractivity contribution is 5.48. The molecule has 0 aliphatic heterocycles. The Morgan fingerprint density at radius 1 is 1.29 bits per heavy atom. The molecule has 94 valence electrons. The lowest BCUT2D eigenvalue weighted by Crippen LogP contribution is -2.11. The molecule has 0 bridgehead atoms. The van der Waals surface area contributed by atoms with Gasteiger partial charge in [0.15, 0.2) is 0 Å². The standard InChI is InChI=1S/C12H20N4O/c1-3-13-10-8-11(14-6-7-17-2)16-12(15-10)9-4-5-9/h8-9H,3-7H2,1-2H3,(H2,13,14,15,16). The third-order valence-electron chi connectivity index (χ3n) is 2.66. The minimum atomic E-state index is 0.566. The SMILES string of the molecule is CCNc1cc(NCCOC)nc(C2CC2)n1. The summed E-state index contributed by atoms with van der Waals surface area (Å²) in [5.74, 6) is 3.32. The molecule has 1 saturated carbocycles. The first-order valence-corrected chi connectivity index (χ1v) is 6.19. The molecule has 2 rings (SSSR count). The van der Waals surface area contributed by atoms with Crippen molar-refractivity contribution in [3.63, 3.8) is 0 Å². The topological polar surface area (TPSA) is 59.1 Å². The van der Waals surface area contributed by atoms with Crippen LogP contribution in [-0.2, 0) is 4.74 Å². The van der Waals surface area contributed by atoms with Gasteiger partial charge in [0, 0.05) is 32.2 Å². The minimum absolute atomic E-state index is 0.566. The molecule has 0 atom stereocenters. The highest BCUT2D eigenvalue weighted by Gasteiger charge is 2.27. The molecule has 0 spiro atoms. The van der Waals surface area contributed by atoms with Crippen molar-refractivity contribution >= 4 is 11.6 Å². The molecule has 0 radical (unpaired) electrons. The molecule has 5 nitrogen and oxygen atoms in total. The molecule has 2 N–H and O–H groups in total. The number of rotatable bonds is 7. The lowest BCUT2D eigenvalue weighted by atomic mass is 10.3. The van der Waals surface area contributed by atoms with Crippen LogP contribution in [0, 0.1) is 0 Å². The van der Waals surface area contributed by atoms with E-state index in [-0.39, 0.29) is 0 Å². The van der Waals surface area contributed by atoms with Gasteiger partial charge in [-0.3, -0.25) is 0 Å². The molecule has 1 aromatic rings. The summed E-state index contributed by atoms with van der Waals surface area (Å²) in [6, 6.07) is 1.95. The normalized spacial score (nSPS) is 14.7. The fraction of sp³-hybridized carbons (Fsp3) is 0.667. The molecule has 0 unspecified atom stereocenters. The predicted octanol–water partition coefficient (Wildman–Crippen LogP) is 1.84. The van der Waals surface area contributed by atoms with Crippen molar-refractivity contribution in [2.75, 3.05) is 37.4 Å². The van der Waals surface area contributed by atoms with Crippen LogP contribution in [0.4, 0.5) is 11.6 Å². The van der Waals surface area contributed by atoms with E-state index >= 15 is 0 Å². The van der Waals surface area contributed by atoms with Crippen LogP contribution in [0.2, 0.25) is 0 Å². The average Bonchev–Trinajstić information content (AvgIpc) is 3.13. The zero-order chi connectivity index (χ0) is 12.1. The highest BCUT2D eigenvalue weighted by atomic mass is 16.5. The third-order valence-corrected chi connectivity index (χ3v) is 2.66. The lowest BCUT2D eigenvalue weighted by molar-refractivity contribution is 0.210. The summed E-state index contributed by atoms with van der Waals surface area (Å²) in [7, 11) is 1.70. The van der Waals surface area contributed by atoms with Gasteiger partial charge in [0.05, 0.1) is 6.61 Å².